The molecule has 1 heterocycles. The lowest BCUT2D eigenvalue weighted by Crippen LogP contribution is -2.24. The molecule has 0 fully saturated rings. The van der Waals surface area contributed by atoms with E-state index in [0.717, 1.165) is 17.3 Å². The van der Waals surface area contributed by atoms with Gasteiger partial charge in [-0.25, -0.2) is 4.98 Å². The second-order valence-corrected chi connectivity index (χ2v) is 7.55. The van der Waals surface area contributed by atoms with Crippen LogP contribution in [-0.4, -0.2) is 16.6 Å². The molecule has 0 radical (unpaired) electrons. The van der Waals surface area contributed by atoms with Crippen molar-refractivity contribution in [1.82, 2.24) is 10.3 Å². The molecule has 0 saturated heterocycles. The predicted octanol–water partition coefficient (Wildman–Crippen LogP) is 4.14. The van der Waals surface area contributed by atoms with Crippen LogP contribution in [0.1, 0.15) is 16.7 Å². The smallest absolute Gasteiger partial charge is 0.230 e. The molecular formula is C22H16ClN5OS. The van der Waals surface area contributed by atoms with Crippen molar-refractivity contribution in [2.24, 2.45) is 0 Å². The van der Waals surface area contributed by atoms with Gasteiger partial charge in [0.1, 0.15) is 28.5 Å². The summed E-state index contributed by atoms with van der Waals surface area (Å²) >= 11 is 7.38. The average molecular weight is 434 g/mol. The number of carbonyl (C=O) groups is 1. The Balaban J connectivity index is 1.87. The Labute approximate surface area is 183 Å². The lowest BCUT2D eigenvalue weighted by Gasteiger charge is -2.14. The lowest BCUT2D eigenvalue weighted by molar-refractivity contribution is -0.118. The molecule has 1 amide bonds. The molecule has 0 unspecified atom stereocenters. The van der Waals surface area contributed by atoms with E-state index in [-0.39, 0.29) is 33.6 Å². The van der Waals surface area contributed by atoms with Crippen molar-refractivity contribution in [3.63, 3.8) is 0 Å². The van der Waals surface area contributed by atoms with Gasteiger partial charge in [0, 0.05) is 22.7 Å². The fourth-order valence-corrected chi connectivity index (χ4v) is 3.87. The normalized spacial score (nSPS) is 10.1. The summed E-state index contributed by atoms with van der Waals surface area (Å²) in [6, 6.07) is 20.5. The first-order chi connectivity index (χ1) is 14.5. The highest BCUT2D eigenvalue weighted by molar-refractivity contribution is 8.00. The molecule has 8 heteroatoms. The standard InChI is InChI=1S/C22H16ClN5OS/c23-18-9-5-4-8-15(18)20-16(10-24)21(26)28-22(17(20)11-25)30-13-19(29)27-12-14-6-2-1-3-7-14/h1-9H,12-13H2,(H2,26,28)(H,27,29). The molecule has 1 aromatic heterocycles. The van der Waals surface area contributed by atoms with E-state index in [1.165, 1.54) is 0 Å². The zero-order valence-electron chi connectivity index (χ0n) is 15.7. The summed E-state index contributed by atoms with van der Waals surface area (Å²) in [6.45, 7) is 0.402. The number of nitrogens with two attached hydrogens (primary N) is 1. The SMILES string of the molecule is N#Cc1c(N)nc(SCC(=O)NCc2ccccc2)c(C#N)c1-c1ccccc1Cl. The first kappa shape index (κ1) is 21.2. The van der Waals surface area contributed by atoms with Gasteiger partial charge >= 0.3 is 0 Å². The second kappa shape index (κ2) is 9.80. The minimum absolute atomic E-state index is 0.0152. The molecule has 0 atom stereocenters. The van der Waals surface area contributed by atoms with E-state index in [0.29, 0.717) is 22.7 Å². The average Bonchev–Trinajstić information content (AvgIpc) is 2.77. The van der Waals surface area contributed by atoms with E-state index in [2.05, 4.69) is 16.4 Å². The number of aromatic nitrogens is 1. The highest BCUT2D eigenvalue weighted by atomic mass is 35.5. The Morgan fingerprint density at radius 1 is 1.07 bits per heavy atom. The first-order valence-electron chi connectivity index (χ1n) is 8.87. The third kappa shape index (κ3) is 4.72. The zero-order valence-corrected chi connectivity index (χ0v) is 17.3. The van der Waals surface area contributed by atoms with Crippen LogP contribution < -0.4 is 11.1 Å². The largest absolute Gasteiger partial charge is 0.383 e. The highest BCUT2D eigenvalue weighted by Crippen LogP contribution is 2.38. The Morgan fingerprint density at radius 3 is 2.40 bits per heavy atom. The van der Waals surface area contributed by atoms with Crippen LogP contribution in [0.5, 0.6) is 0 Å². The summed E-state index contributed by atoms with van der Waals surface area (Å²) in [6.07, 6.45) is 0. The number of pyridine rings is 1. The molecule has 30 heavy (non-hydrogen) atoms. The van der Waals surface area contributed by atoms with Crippen molar-refractivity contribution in [2.45, 2.75) is 11.6 Å². The van der Waals surface area contributed by atoms with E-state index in [1.807, 2.05) is 36.4 Å². The molecule has 3 N–H and O–H groups in total. The number of benzene rings is 2. The number of carbonyl (C=O) groups excluding carboxylic acids is 1. The number of amides is 1. The van der Waals surface area contributed by atoms with Crippen LogP contribution in [0.2, 0.25) is 5.02 Å². The van der Waals surface area contributed by atoms with Gasteiger partial charge in [0.2, 0.25) is 5.91 Å². The van der Waals surface area contributed by atoms with Gasteiger partial charge in [-0.15, -0.1) is 0 Å². The minimum Gasteiger partial charge on any atom is -0.383 e. The lowest BCUT2D eigenvalue weighted by atomic mass is 9.97. The van der Waals surface area contributed by atoms with Crippen LogP contribution in [0, 0.1) is 22.7 Å². The van der Waals surface area contributed by atoms with Crippen LogP contribution in [0.25, 0.3) is 11.1 Å². The van der Waals surface area contributed by atoms with Crippen LogP contribution >= 0.6 is 23.4 Å². The summed E-state index contributed by atoms with van der Waals surface area (Å²) in [4.78, 5) is 16.5. The third-order valence-corrected chi connectivity index (χ3v) is 5.54. The van der Waals surface area contributed by atoms with Crippen molar-refractivity contribution >= 4 is 35.1 Å². The molecule has 0 aliphatic heterocycles. The van der Waals surface area contributed by atoms with Gasteiger partial charge in [-0.3, -0.25) is 4.79 Å². The van der Waals surface area contributed by atoms with E-state index < -0.39 is 0 Å². The summed E-state index contributed by atoms with van der Waals surface area (Å²) in [7, 11) is 0. The molecule has 0 aliphatic carbocycles. The number of nitrogen functional groups attached to an aromatic ring is 1. The number of nitrogens with zero attached hydrogens (tertiary/aromatic N) is 3. The monoisotopic (exact) mass is 433 g/mol. The molecule has 0 aliphatic rings. The van der Waals surface area contributed by atoms with E-state index in [4.69, 9.17) is 17.3 Å². The number of thioether (sulfide) groups is 1. The molecule has 6 nitrogen and oxygen atoms in total. The Morgan fingerprint density at radius 2 is 1.73 bits per heavy atom. The van der Waals surface area contributed by atoms with Gasteiger partial charge in [0.15, 0.2) is 0 Å². The van der Waals surface area contributed by atoms with Gasteiger partial charge in [-0.1, -0.05) is 71.9 Å². The number of anilines is 1. The summed E-state index contributed by atoms with van der Waals surface area (Å²) in [5.41, 5.74) is 8.04. The molecule has 2 aromatic carbocycles. The first-order valence-corrected chi connectivity index (χ1v) is 10.2. The van der Waals surface area contributed by atoms with Crippen LogP contribution in [0.3, 0.4) is 0 Å². The number of halogens is 1. The van der Waals surface area contributed by atoms with Crippen molar-refractivity contribution in [1.29, 1.82) is 10.5 Å². The Kier molecular flexibility index (Phi) is 6.92. The maximum Gasteiger partial charge on any atom is 0.230 e. The minimum atomic E-state index is -0.211. The van der Waals surface area contributed by atoms with Gasteiger partial charge in [0.05, 0.1) is 11.3 Å². The molecule has 148 valence electrons. The molecule has 0 saturated carbocycles. The van der Waals surface area contributed by atoms with Crippen LogP contribution in [0.4, 0.5) is 5.82 Å². The van der Waals surface area contributed by atoms with Crippen molar-refractivity contribution < 1.29 is 4.79 Å². The fraction of sp³-hybridized carbons (Fsp3) is 0.0909. The zero-order chi connectivity index (χ0) is 21.5. The van der Waals surface area contributed by atoms with Gasteiger partial charge < -0.3 is 11.1 Å². The maximum absolute atomic E-state index is 12.3. The summed E-state index contributed by atoms with van der Waals surface area (Å²) in [5.74, 6) is -0.183. The fourth-order valence-electron chi connectivity index (χ4n) is 2.82. The Bertz CT molecular complexity index is 1170. The van der Waals surface area contributed by atoms with E-state index in [1.54, 1.807) is 24.3 Å². The summed E-state index contributed by atoms with van der Waals surface area (Å²) < 4.78 is 0. The molecule has 3 aromatic rings. The number of hydrogen-bond acceptors (Lipinski definition) is 6. The predicted molar refractivity (Wildman–Crippen MR) is 118 cm³/mol. The number of nitriles is 2. The molecule has 0 spiro atoms. The second-order valence-electron chi connectivity index (χ2n) is 6.18. The van der Waals surface area contributed by atoms with Gasteiger partial charge in [-0.05, 0) is 11.6 Å². The van der Waals surface area contributed by atoms with Crippen molar-refractivity contribution in [2.75, 3.05) is 11.5 Å². The van der Waals surface area contributed by atoms with E-state index >= 15 is 0 Å². The quantitative estimate of drug-likeness (QED) is 0.564. The Hall–Kier alpha value is -3.52. The maximum atomic E-state index is 12.3. The van der Waals surface area contributed by atoms with Crippen molar-refractivity contribution in [3.05, 3.63) is 76.3 Å². The number of hydrogen-bond donors (Lipinski definition) is 2. The van der Waals surface area contributed by atoms with Crippen molar-refractivity contribution in [3.8, 4) is 23.3 Å². The summed E-state index contributed by atoms with van der Waals surface area (Å²) in [5, 5.41) is 22.8. The molecule has 0 bridgehead atoms. The van der Waals surface area contributed by atoms with Gasteiger partial charge in [0.25, 0.3) is 0 Å². The number of rotatable bonds is 6. The highest BCUT2D eigenvalue weighted by Gasteiger charge is 2.22. The van der Waals surface area contributed by atoms with Gasteiger partial charge in [-0.2, -0.15) is 10.5 Å². The van der Waals surface area contributed by atoms with Crippen LogP contribution in [-0.2, 0) is 11.3 Å². The third-order valence-electron chi connectivity index (χ3n) is 4.23. The van der Waals surface area contributed by atoms with E-state index in [9.17, 15) is 15.3 Å². The number of nitrogens with one attached hydrogen (secondary N) is 1. The topological polar surface area (TPSA) is 116 Å². The molecular weight excluding hydrogens is 418 g/mol. The molecule has 3 rings (SSSR count). The van der Waals surface area contributed by atoms with Crippen LogP contribution in [0.15, 0.2) is 59.6 Å².